The van der Waals surface area contributed by atoms with Crippen LogP contribution in [-0.2, 0) is 0 Å². The summed E-state index contributed by atoms with van der Waals surface area (Å²) < 4.78 is 0. The molecule has 116 valence electrons. The number of thiophene rings is 1. The second-order valence-corrected chi connectivity index (χ2v) is 6.99. The molecule has 0 aliphatic carbocycles. The highest BCUT2D eigenvalue weighted by Gasteiger charge is 2.12. The Kier molecular flexibility index (Phi) is 4.81. The van der Waals surface area contributed by atoms with Crippen molar-refractivity contribution in [3.63, 3.8) is 0 Å². The number of thiocarbonyl (C=S) groups is 1. The van der Waals surface area contributed by atoms with Gasteiger partial charge in [-0.05, 0) is 60.0 Å². The van der Waals surface area contributed by atoms with Crippen LogP contribution in [0.15, 0.2) is 53.2 Å². The van der Waals surface area contributed by atoms with Crippen molar-refractivity contribution in [2.75, 3.05) is 5.32 Å². The number of rotatable bonds is 4. The van der Waals surface area contributed by atoms with Crippen molar-refractivity contribution in [1.29, 1.82) is 0 Å². The van der Waals surface area contributed by atoms with Gasteiger partial charge in [0.15, 0.2) is 0 Å². The molecule has 3 rings (SSSR count). The molecular weight excluding hydrogens is 342 g/mol. The van der Waals surface area contributed by atoms with Gasteiger partial charge < -0.3 is 5.32 Å². The molecule has 3 aromatic rings. The van der Waals surface area contributed by atoms with Crippen molar-refractivity contribution >= 4 is 51.4 Å². The molecule has 23 heavy (non-hydrogen) atoms. The Morgan fingerprint density at radius 3 is 2.43 bits per heavy atom. The number of hydrogen-bond donors (Lipinski definition) is 1. The molecular formula is C19H16ClNS2. The van der Waals surface area contributed by atoms with Crippen molar-refractivity contribution in [3.8, 4) is 0 Å². The van der Waals surface area contributed by atoms with Crippen molar-refractivity contribution in [3.05, 3.63) is 80.5 Å². The van der Waals surface area contributed by atoms with Crippen LogP contribution in [0.1, 0.15) is 22.3 Å². The van der Waals surface area contributed by atoms with Crippen LogP contribution in [0.4, 0.5) is 11.4 Å². The lowest BCUT2D eigenvalue weighted by Crippen LogP contribution is -2.02. The van der Waals surface area contributed by atoms with E-state index in [9.17, 15) is 0 Å². The third-order valence-corrected chi connectivity index (χ3v) is 5.35. The van der Waals surface area contributed by atoms with E-state index in [2.05, 4.69) is 42.1 Å². The SMILES string of the molecule is Cc1ccccc1Nc1ccc(C(=S)c2cscc2C)c(Cl)c1. The molecule has 0 amide bonds. The molecule has 1 nitrogen and oxygen atoms in total. The summed E-state index contributed by atoms with van der Waals surface area (Å²) in [5.74, 6) is 0. The van der Waals surface area contributed by atoms with Gasteiger partial charge >= 0.3 is 0 Å². The molecule has 0 unspecified atom stereocenters. The minimum Gasteiger partial charge on any atom is -0.355 e. The summed E-state index contributed by atoms with van der Waals surface area (Å²) in [6, 6.07) is 14.1. The van der Waals surface area contributed by atoms with Crippen LogP contribution < -0.4 is 5.32 Å². The van der Waals surface area contributed by atoms with Gasteiger partial charge in [0, 0.05) is 22.5 Å². The summed E-state index contributed by atoms with van der Waals surface area (Å²) in [7, 11) is 0. The standard InChI is InChI=1S/C19H16ClNS2/c1-12-5-3-4-6-18(12)21-14-7-8-15(17(20)9-14)19(22)16-11-23-10-13(16)2/h3-11,21H,1-2H3. The second-order valence-electron chi connectivity index (χ2n) is 5.43. The molecule has 1 N–H and O–H groups in total. The molecule has 0 bridgehead atoms. The van der Waals surface area contributed by atoms with Crippen molar-refractivity contribution in [2.45, 2.75) is 13.8 Å². The molecule has 2 aromatic carbocycles. The third-order valence-electron chi connectivity index (χ3n) is 3.74. The zero-order valence-corrected chi connectivity index (χ0v) is 15.3. The second kappa shape index (κ2) is 6.83. The van der Waals surface area contributed by atoms with Gasteiger partial charge in [-0.15, -0.1) is 0 Å². The summed E-state index contributed by atoms with van der Waals surface area (Å²) in [6.45, 7) is 4.15. The van der Waals surface area contributed by atoms with Gasteiger partial charge in [-0.2, -0.15) is 11.3 Å². The molecule has 0 spiro atoms. The van der Waals surface area contributed by atoms with E-state index in [-0.39, 0.29) is 0 Å². The molecule has 1 aromatic heterocycles. The zero-order valence-electron chi connectivity index (χ0n) is 12.9. The highest BCUT2D eigenvalue weighted by Crippen LogP contribution is 2.28. The van der Waals surface area contributed by atoms with E-state index in [4.69, 9.17) is 23.8 Å². The molecule has 0 saturated heterocycles. The number of benzene rings is 2. The van der Waals surface area contributed by atoms with Crippen molar-refractivity contribution in [2.24, 2.45) is 0 Å². The summed E-state index contributed by atoms with van der Waals surface area (Å²) >= 11 is 13.7. The van der Waals surface area contributed by atoms with Gasteiger partial charge in [-0.3, -0.25) is 0 Å². The Balaban J connectivity index is 1.88. The summed E-state index contributed by atoms with van der Waals surface area (Å²) in [5, 5.41) is 8.24. The highest BCUT2D eigenvalue weighted by atomic mass is 35.5. The van der Waals surface area contributed by atoms with Crippen LogP contribution in [0.2, 0.25) is 5.02 Å². The van der Waals surface area contributed by atoms with Crippen LogP contribution in [0, 0.1) is 13.8 Å². The lowest BCUT2D eigenvalue weighted by Gasteiger charge is -2.12. The summed E-state index contributed by atoms with van der Waals surface area (Å²) in [6.07, 6.45) is 0. The average Bonchev–Trinajstić information content (AvgIpc) is 2.95. The van der Waals surface area contributed by atoms with Gasteiger partial charge in [0.2, 0.25) is 0 Å². The maximum atomic E-state index is 6.48. The number of anilines is 2. The van der Waals surface area contributed by atoms with E-state index in [1.807, 2.05) is 30.3 Å². The Labute approximate surface area is 150 Å². The maximum Gasteiger partial charge on any atom is 0.0547 e. The number of hydrogen-bond acceptors (Lipinski definition) is 3. The quantitative estimate of drug-likeness (QED) is 0.421. The summed E-state index contributed by atoms with van der Waals surface area (Å²) in [4.78, 5) is 0.802. The number of nitrogens with one attached hydrogen (secondary N) is 1. The Hall–Kier alpha value is -1.68. The van der Waals surface area contributed by atoms with Crippen LogP contribution in [0.3, 0.4) is 0 Å². The number of halogens is 1. The number of para-hydroxylation sites is 1. The first-order valence-corrected chi connectivity index (χ1v) is 8.99. The van der Waals surface area contributed by atoms with Gasteiger partial charge in [0.05, 0.1) is 9.89 Å². The van der Waals surface area contributed by atoms with Gasteiger partial charge in [-0.25, -0.2) is 0 Å². The Morgan fingerprint density at radius 2 is 1.78 bits per heavy atom. The molecule has 0 radical (unpaired) electrons. The smallest absolute Gasteiger partial charge is 0.0547 e. The molecule has 0 fully saturated rings. The topological polar surface area (TPSA) is 12.0 Å². The lowest BCUT2D eigenvalue weighted by atomic mass is 10.0. The minimum absolute atomic E-state index is 0.666. The minimum atomic E-state index is 0.666. The summed E-state index contributed by atoms with van der Waals surface area (Å²) in [5.41, 5.74) is 6.41. The Bertz CT molecular complexity index is 867. The predicted molar refractivity (Wildman–Crippen MR) is 106 cm³/mol. The molecule has 4 heteroatoms. The van der Waals surface area contributed by atoms with Gasteiger partial charge in [-0.1, -0.05) is 42.0 Å². The van der Waals surface area contributed by atoms with Crippen LogP contribution in [0.5, 0.6) is 0 Å². The average molecular weight is 358 g/mol. The highest BCUT2D eigenvalue weighted by molar-refractivity contribution is 7.81. The van der Waals surface area contributed by atoms with E-state index in [0.717, 1.165) is 27.4 Å². The van der Waals surface area contributed by atoms with Crippen LogP contribution in [-0.4, -0.2) is 4.86 Å². The Morgan fingerprint density at radius 1 is 1.00 bits per heavy atom. The van der Waals surface area contributed by atoms with E-state index in [1.54, 1.807) is 11.3 Å². The molecule has 0 atom stereocenters. The first-order chi connectivity index (χ1) is 11.1. The number of aryl methyl sites for hydroxylation is 2. The third kappa shape index (κ3) is 3.47. The fourth-order valence-corrected chi connectivity index (χ4v) is 4.03. The predicted octanol–water partition coefficient (Wildman–Crippen LogP) is 6.53. The maximum absolute atomic E-state index is 6.48. The fourth-order valence-electron chi connectivity index (χ4n) is 2.38. The van der Waals surface area contributed by atoms with Crippen LogP contribution in [0.25, 0.3) is 0 Å². The van der Waals surface area contributed by atoms with Crippen molar-refractivity contribution in [1.82, 2.24) is 0 Å². The first kappa shape index (κ1) is 16.2. The van der Waals surface area contributed by atoms with E-state index >= 15 is 0 Å². The lowest BCUT2D eigenvalue weighted by molar-refractivity contribution is 1.43. The van der Waals surface area contributed by atoms with Gasteiger partial charge in [0.1, 0.15) is 0 Å². The first-order valence-electron chi connectivity index (χ1n) is 7.26. The van der Waals surface area contributed by atoms with Gasteiger partial charge in [0.25, 0.3) is 0 Å². The normalized spacial score (nSPS) is 10.6. The van der Waals surface area contributed by atoms with E-state index in [0.29, 0.717) is 5.02 Å². The van der Waals surface area contributed by atoms with E-state index < -0.39 is 0 Å². The van der Waals surface area contributed by atoms with Crippen molar-refractivity contribution < 1.29 is 0 Å². The molecule has 0 saturated carbocycles. The molecule has 0 aliphatic heterocycles. The molecule has 0 aliphatic rings. The monoisotopic (exact) mass is 357 g/mol. The largest absolute Gasteiger partial charge is 0.355 e. The molecule has 1 heterocycles. The van der Waals surface area contributed by atoms with Crippen LogP contribution >= 0.6 is 35.2 Å². The van der Waals surface area contributed by atoms with E-state index in [1.165, 1.54) is 11.1 Å². The zero-order chi connectivity index (χ0) is 16.4. The fraction of sp³-hybridized carbons (Fsp3) is 0.105.